The number of likely N-dealkylation sites (tertiary alicyclic amines) is 1. The van der Waals surface area contributed by atoms with Crippen LogP contribution in [0, 0.1) is 5.92 Å². The number of benzene rings is 1. The minimum atomic E-state index is 0.687. The first-order valence-electron chi connectivity index (χ1n) is 7.31. The highest BCUT2D eigenvalue weighted by atomic mass is 15.2. The molecule has 1 aliphatic carbocycles. The van der Waals surface area contributed by atoms with E-state index in [2.05, 4.69) is 30.0 Å². The number of nitrogens with two attached hydrogens (primary N) is 1. The Morgan fingerprint density at radius 3 is 2.89 bits per heavy atom. The van der Waals surface area contributed by atoms with Gasteiger partial charge in [0.05, 0.1) is 0 Å². The molecule has 2 nitrogen and oxygen atoms in total. The molecule has 18 heavy (non-hydrogen) atoms. The maximum Gasteiger partial charge on any atom is 0.0236 e. The molecule has 1 aromatic carbocycles. The summed E-state index contributed by atoms with van der Waals surface area (Å²) in [6, 6.07) is 7.79. The van der Waals surface area contributed by atoms with E-state index < -0.39 is 0 Å². The maximum absolute atomic E-state index is 5.80. The van der Waals surface area contributed by atoms with Crippen molar-refractivity contribution in [2.75, 3.05) is 13.1 Å². The molecule has 2 unspecified atom stereocenters. The first-order valence-corrected chi connectivity index (χ1v) is 7.31. The summed E-state index contributed by atoms with van der Waals surface area (Å²) in [4.78, 5) is 2.59. The summed E-state index contributed by atoms with van der Waals surface area (Å²) in [5.41, 5.74) is 10.5. The Labute approximate surface area is 110 Å². The Balaban J connectivity index is 1.69. The predicted octanol–water partition coefficient (Wildman–Crippen LogP) is 2.34. The van der Waals surface area contributed by atoms with Gasteiger partial charge in [0.1, 0.15) is 0 Å². The molecule has 0 radical (unpaired) electrons. The van der Waals surface area contributed by atoms with Crippen LogP contribution in [-0.2, 0) is 19.4 Å². The molecular weight excluding hydrogens is 220 g/mol. The Kier molecular flexibility index (Phi) is 3.40. The summed E-state index contributed by atoms with van der Waals surface area (Å²) in [5, 5.41) is 0. The molecule has 2 aliphatic rings. The molecule has 2 atom stereocenters. The van der Waals surface area contributed by atoms with E-state index in [1.54, 1.807) is 11.1 Å². The van der Waals surface area contributed by atoms with Gasteiger partial charge in [0.25, 0.3) is 0 Å². The first-order chi connectivity index (χ1) is 8.76. The Morgan fingerprint density at radius 2 is 2.11 bits per heavy atom. The van der Waals surface area contributed by atoms with Crippen LogP contribution >= 0.6 is 0 Å². The van der Waals surface area contributed by atoms with Gasteiger partial charge in [-0.2, -0.15) is 0 Å². The van der Waals surface area contributed by atoms with E-state index in [-0.39, 0.29) is 0 Å². The molecule has 2 N–H and O–H groups in total. The monoisotopic (exact) mass is 244 g/mol. The number of hydrogen-bond acceptors (Lipinski definition) is 2. The lowest BCUT2D eigenvalue weighted by Crippen LogP contribution is -2.27. The molecular formula is C16H24N2. The van der Waals surface area contributed by atoms with Gasteiger partial charge in [-0.25, -0.2) is 0 Å². The maximum atomic E-state index is 5.80. The number of rotatable bonds is 3. The lowest BCUT2D eigenvalue weighted by Gasteiger charge is -2.21. The van der Waals surface area contributed by atoms with Gasteiger partial charge < -0.3 is 5.73 Å². The van der Waals surface area contributed by atoms with Crippen molar-refractivity contribution in [1.82, 2.24) is 4.90 Å². The van der Waals surface area contributed by atoms with Gasteiger partial charge in [0.2, 0.25) is 0 Å². The zero-order valence-electron chi connectivity index (χ0n) is 11.4. The third-order valence-electron chi connectivity index (χ3n) is 4.67. The van der Waals surface area contributed by atoms with Crippen molar-refractivity contribution in [1.29, 1.82) is 0 Å². The summed E-state index contributed by atoms with van der Waals surface area (Å²) >= 11 is 0. The second-order valence-corrected chi connectivity index (χ2v) is 6.07. The fraction of sp³-hybridized carbons (Fsp3) is 0.625. The number of fused-ring (bicyclic) bond motifs is 1. The van der Waals surface area contributed by atoms with Crippen molar-refractivity contribution in [3.63, 3.8) is 0 Å². The average Bonchev–Trinajstić information content (AvgIpc) is 2.96. The molecule has 98 valence electrons. The lowest BCUT2D eigenvalue weighted by molar-refractivity contribution is 0.256. The van der Waals surface area contributed by atoms with E-state index in [0.29, 0.717) is 12.0 Å². The van der Waals surface area contributed by atoms with Crippen LogP contribution < -0.4 is 5.73 Å². The van der Waals surface area contributed by atoms with Crippen LogP contribution in [0.5, 0.6) is 0 Å². The van der Waals surface area contributed by atoms with E-state index in [1.165, 1.54) is 37.8 Å². The minimum Gasteiger partial charge on any atom is -0.330 e. The van der Waals surface area contributed by atoms with Crippen LogP contribution in [0.2, 0.25) is 0 Å². The molecule has 0 spiro atoms. The van der Waals surface area contributed by atoms with Gasteiger partial charge in [-0.1, -0.05) is 18.2 Å². The molecule has 0 saturated carbocycles. The van der Waals surface area contributed by atoms with Gasteiger partial charge in [0, 0.05) is 19.1 Å². The van der Waals surface area contributed by atoms with Crippen LogP contribution in [-0.4, -0.2) is 24.0 Å². The number of hydrogen-bond donors (Lipinski definition) is 1. The quantitative estimate of drug-likeness (QED) is 0.884. The molecule has 0 aromatic heterocycles. The smallest absolute Gasteiger partial charge is 0.0236 e. The lowest BCUT2D eigenvalue weighted by atomic mass is 10.1. The van der Waals surface area contributed by atoms with Gasteiger partial charge in [-0.3, -0.25) is 4.90 Å². The van der Waals surface area contributed by atoms with Crippen LogP contribution in [0.25, 0.3) is 0 Å². The molecule has 3 rings (SSSR count). The summed E-state index contributed by atoms with van der Waals surface area (Å²) in [7, 11) is 0. The molecule has 2 heteroatoms. The third kappa shape index (κ3) is 2.32. The molecule has 0 amide bonds. The van der Waals surface area contributed by atoms with E-state index in [4.69, 9.17) is 5.73 Å². The van der Waals surface area contributed by atoms with Crippen LogP contribution in [0.3, 0.4) is 0 Å². The van der Waals surface area contributed by atoms with Crippen molar-refractivity contribution in [2.45, 2.75) is 45.2 Å². The largest absolute Gasteiger partial charge is 0.330 e. The summed E-state index contributed by atoms with van der Waals surface area (Å²) in [6.07, 6.45) is 5.17. The predicted molar refractivity (Wildman–Crippen MR) is 75.5 cm³/mol. The van der Waals surface area contributed by atoms with Crippen molar-refractivity contribution in [2.24, 2.45) is 11.7 Å². The van der Waals surface area contributed by atoms with Crippen LogP contribution in [0.15, 0.2) is 18.2 Å². The molecule has 1 aliphatic heterocycles. The van der Waals surface area contributed by atoms with Crippen LogP contribution in [0.1, 0.15) is 36.5 Å². The average molecular weight is 244 g/mol. The molecule has 0 bridgehead atoms. The fourth-order valence-corrected chi connectivity index (χ4v) is 3.57. The van der Waals surface area contributed by atoms with Crippen molar-refractivity contribution in [3.8, 4) is 0 Å². The minimum absolute atomic E-state index is 0.687. The van der Waals surface area contributed by atoms with Crippen molar-refractivity contribution in [3.05, 3.63) is 34.9 Å². The highest BCUT2D eigenvalue weighted by Crippen LogP contribution is 2.27. The number of aryl methyl sites for hydroxylation is 2. The second-order valence-electron chi connectivity index (χ2n) is 6.07. The van der Waals surface area contributed by atoms with E-state index in [9.17, 15) is 0 Å². The summed E-state index contributed by atoms with van der Waals surface area (Å²) in [6.45, 7) is 5.45. The van der Waals surface area contributed by atoms with Gasteiger partial charge in [-0.15, -0.1) is 0 Å². The van der Waals surface area contributed by atoms with Crippen molar-refractivity contribution >= 4 is 0 Å². The van der Waals surface area contributed by atoms with Crippen LogP contribution in [0.4, 0.5) is 0 Å². The molecule has 1 saturated heterocycles. The van der Waals surface area contributed by atoms with Gasteiger partial charge in [-0.05, 0) is 61.8 Å². The summed E-state index contributed by atoms with van der Waals surface area (Å²) in [5.74, 6) is 0.703. The van der Waals surface area contributed by atoms with E-state index >= 15 is 0 Å². The standard InChI is InChI=1S/C16H24N2/c1-12-7-14(9-17)11-18(12)10-13-5-6-15-3-2-4-16(15)8-13/h5-6,8,12,14H,2-4,7,9-11,17H2,1H3. The Hall–Kier alpha value is -0.860. The highest BCUT2D eigenvalue weighted by Gasteiger charge is 2.27. The topological polar surface area (TPSA) is 29.3 Å². The molecule has 1 aromatic rings. The summed E-state index contributed by atoms with van der Waals surface area (Å²) < 4.78 is 0. The zero-order chi connectivity index (χ0) is 12.5. The highest BCUT2D eigenvalue weighted by molar-refractivity contribution is 5.35. The first kappa shape index (κ1) is 12.2. The second kappa shape index (κ2) is 5.02. The zero-order valence-corrected chi connectivity index (χ0v) is 11.4. The molecule has 1 fully saturated rings. The fourth-order valence-electron chi connectivity index (χ4n) is 3.57. The SMILES string of the molecule is CC1CC(CN)CN1Cc1ccc2c(c1)CCC2. The normalized spacial score (nSPS) is 27.7. The third-order valence-corrected chi connectivity index (χ3v) is 4.67. The van der Waals surface area contributed by atoms with Crippen molar-refractivity contribution < 1.29 is 0 Å². The van der Waals surface area contributed by atoms with Gasteiger partial charge >= 0.3 is 0 Å². The molecule has 1 heterocycles. The Bertz CT molecular complexity index is 427. The van der Waals surface area contributed by atoms with E-state index in [1.807, 2.05) is 0 Å². The number of nitrogens with zero attached hydrogens (tertiary/aromatic N) is 1. The van der Waals surface area contributed by atoms with E-state index in [0.717, 1.165) is 13.1 Å². The Morgan fingerprint density at radius 1 is 1.28 bits per heavy atom. The van der Waals surface area contributed by atoms with Gasteiger partial charge in [0.15, 0.2) is 0 Å².